The molecule has 1 aromatic carbocycles. The first-order valence-electron chi connectivity index (χ1n) is 4.83. The number of hydrogen-bond donors (Lipinski definition) is 1. The summed E-state index contributed by atoms with van der Waals surface area (Å²) in [6.07, 6.45) is -1.19. The Bertz CT molecular complexity index is 458. The molecule has 0 atom stereocenters. The second-order valence-electron chi connectivity index (χ2n) is 3.33. The Labute approximate surface area is 96.6 Å². The van der Waals surface area contributed by atoms with E-state index in [-0.39, 0.29) is 12.0 Å². The standard InChI is InChI=1S/C12H10F3NO/c13-12(14,15)11-5-4-9(3-1-2-6-16)10(7-11)8-17/h1,3-5,7,17H,2,8H2. The minimum Gasteiger partial charge on any atom is -0.392 e. The van der Waals surface area contributed by atoms with Gasteiger partial charge in [-0.15, -0.1) is 0 Å². The fourth-order valence-electron chi connectivity index (χ4n) is 1.32. The van der Waals surface area contributed by atoms with E-state index in [0.29, 0.717) is 5.56 Å². The summed E-state index contributed by atoms with van der Waals surface area (Å²) in [6, 6.07) is 5.02. The van der Waals surface area contributed by atoms with Gasteiger partial charge in [-0.25, -0.2) is 0 Å². The van der Waals surface area contributed by atoms with Crippen LogP contribution in [-0.4, -0.2) is 5.11 Å². The lowest BCUT2D eigenvalue weighted by Crippen LogP contribution is -2.06. The molecular formula is C12H10F3NO. The lowest BCUT2D eigenvalue weighted by atomic mass is 10.0. The molecule has 5 heteroatoms. The van der Waals surface area contributed by atoms with E-state index >= 15 is 0 Å². The van der Waals surface area contributed by atoms with Crippen LogP contribution >= 0.6 is 0 Å². The molecule has 0 fully saturated rings. The quantitative estimate of drug-likeness (QED) is 0.883. The third kappa shape index (κ3) is 3.61. The first-order valence-corrected chi connectivity index (χ1v) is 4.83. The predicted molar refractivity (Wildman–Crippen MR) is 56.6 cm³/mol. The van der Waals surface area contributed by atoms with Gasteiger partial charge in [-0.05, 0) is 23.3 Å². The number of rotatable bonds is 3. The van der Waals surface area contributed by atoms with E-state index in [1.807, 2.05) is 6.07 Å². The summed E-state index contributed by atoms with van der Waals surface area (Å²) in [5.41, 5.74) is -0.122. The van der Waals surface area contributed by atoms with E-state index in [1.165, 1.54) is 18.2 Å². The van der Waals surface area contributed by atoms with Crippen molar-refractivity contribution in [2.75, 3.05) is 0 Å². The number of nitriles is 1. The minimum atomic E-state index is -4.42. The molecule has 0 aliphatic rings. The zero-order chi connectivity index (χ0) is 12.9. The molecular weight excluding hydrogens is 231 g/mol. The Balaban J connectivity index is 3.07. The van der Waals surface area contributed by atoms with E-state index in [1.54, 1.807) is 0 Å². The Morgan fingerprint density at radius 3 is 2.59 bits per heavy atom. The molecule has 0 saturated heterocycles. The van der Waals surface area contributed by atoms with Crippen LogP contribution in [-0.2, 0) is 12.8 Å². The molecule has 0 amide bonds. The van der Waals surface area contributed by atoms with Gasteiger partial charge in [-0.3, -0.25) is 0 Å². The molecule has 1 rings (SSSR count). The highest BCUT2D eigenvalue weighted by atomic mass is 19.4. The number of alkyl halides is 3. The molecule has 0 aromatic heterocycles. The van der Waals surface area contributed by atoms with Gasteiger partial charge in [0.25, 0.3) is 0 Å². The molecule has 17 heavy (non-hydrogen) atoms. The third-order valence-corrected chi connectivity index (χ3v) is 2.15. The molecule has 0 bridgehead atoms. The summed E-state index contributed by atoms with van der Waals surface area (Å²) in [7, 11) is 0. The molecule has 1 N–H and O–H groups in total. The molecule has 0 spiro atoms. The van der Waals surface area contributed by atoms with Crippen molar-refractivity contribution in [2.24, 2.45) is 0 Å². The van der Waals surface area contributed by atoms with Crippen molar-refractivity contribution in [1.29, 1.82) is 5.26 Å². The van der Waals surface area contributed by atoms with Crippen LogP contribution in [0.15, 0.2) is 24.3 Å². The maximum Gasteiger partial charge on any atom is 0.416 e. The fourth-order valence-corrected chi connectivity index (χ4v) is 1.32. The van der Waals surface area contributed by atoms with Crippen LogP contribution in [0.2, 0.25) is 0 Å². The van der Waals surface area contributed by atoms with Crippen LogP contribution in [0, 0.1) is 11.3 Å². The minimum absolute atomic E-state index is 0.173. The molecule has 0 saturated carbocycles. The average Bonchev–Trinajstić information content (AvgIpc) is 2.28. The molecule has 0 radical (unpaired) electrons. The number of allylic oxidation sites excluding steroid dienone is 1. The van der Waals surface area contributed by atoms with Gasteiger partial charge in [-0.1, -0.05) is 18.2 Å². The largest absolute Gasteiger partial charge is 0.416 e. The normalized spacial score (nSPS) is 11.7. The lowest BCUT2D eigenvalue weighted by molar-refractivity contribution is -0.137. The van der Waals surface area contributed by atoms with Crippen molar-refractivity contribution < 1.29 is 18.3 Å². The Kier molecular flexibility index (Phi) is 4.30. The summed E-state index contributed by atoms with van der Waals surface area (Å²) >= 11 is 0. The summed E-state index contributed by atoms with van der Waals surface area (Å²) in [6.45, 7) is -0.476. The molecule has 0 aliphatic heterocycles. The van der Waals surface area contributed by atoms with Gasteiger partial charge in [0.05, 0.1) is 24.7 Å². The highest BCUT2D eigenvalue weighted by Crippen LogP contribution is 2.30. The van der Waals surface area contributed by atoms with Crippen molar-refractivity contribution >= 4 is 6.08 Å². The monoisotopic (exact) mass is 241 g/mol. The maximum atomic E-state index is 12.4. The third-order valence-electron chi connectivity index (χ3n) is 2.15. The molecule has 0 heterocycles. The average molecular weight is 241 g/mol. The van der Waals surface area contributed by atoms with Crippen LogP contribution in [0.25, 0.3) is 6.08 Å². The maximum absolute atomic E-state index is 12.4. The van der Waals surface area contributed by atoms with Gasteiger partial charge in [0.2, 0.25) is 0 Å². The van der Waals surface area contributed by atoms with Gasteiger partial charge >= 0.3 is 6.18 Å². The van der Waals surface area contributed by atoms with Crippen LogP contribution in [0.5, 0.6) is 0 Å². The summed E-state index contributed by atoms with van der Waals surface area (Å²) < 4.78 is 37.2. The van der Waals surface area contributed by atoms with Crippen molar-refractivity contribution in [2.45, 2.75) is 19.2 Å². The van der Waals surface area contributed by atoms with E-state index in [2.05, 4.69) is 0 Å². The van der Waals surface area contributed by atoms with Crippen molar-refractivity contribution in [3.63, 3.8) is 0 Å². The van der Waals surface area contributed by atoms with Crippen LogP contribution in [0.4, 0.5) is 13.2 Å². The van der Waals surface area contributed by atoms with E-state index in [4.69, 9.17) is 10.4 Å². The summed E-state index contributed by atoms with van der Waals surface area (Å²) in [4.78, 5) is 0. The smallest absolute Gasteiger partial charge is 0.392 e. The van der Waals surface area contributed by atoms with Gasteiger partial charge in [0.15, 0.2) is 0 Å². The van der Waals surface area contributed by atoms with Crippen LogP contribution < -0.4 is 0 Å². The molecule has 2 nitrogen and oxygen atoms in total. The molecule has 1 aromatic rings. The zero-order valence-corrected chi connectivity index (χ0v) is 8.83. The highest BCUT2D eigenvalue weighted by molar-refractivity contribution is 5.55. The van der Waals surface area contributed by atoms with E-state index in [0.717, 1.165) is 12.1 Å². The zero-order valence-electron chi connectivity index (χ0n) is 8.83. The Hall–Kier alpha value is -1.80. The topological polar surface area (TPSA) is 44.0 Å². The van der Waals surface area contributed by atoms with Crippen LogP contribution in [0.3, 0.4) is 0 Å². The number of halogens is 3. The van der Waals surface area contributed by atoms with E-state index < -0.39 is 18.3 Å². The van der Waals surface area contributed by atoms with Crippen molar-refractivity contribution in [3.05, 3.63) is 41.0 Å². The number of benzene rings is 1. The summed E-state index contributed by atoms with van der Waals surface area (Å²) in [5, 5.41) is 17.3. The Morgan fingerprint density at radius 1 is 1.35 bits per heavy atom. The van der Waals surface area contributed by atoms with Crippen LogP contribution in [0.1, 0.15) is 23.1 Å². The van der Waals surface area contributed by atoms with E-state index in [9.17, 15) is 13.2 Å². The summed E-state index contributed by atoms with van der Waals surface area (Å²) in [5.74, 6) is 0. The fraction of sp³-hybridized carbons (Fsp3) is 0.250. The second kappa shape index (κ2) is 5.51. The lowest BCUT2D eigenvalue weighted by Gasteiger charge is -2.10. The second-order valence-corrected chi connectivity index (χ2v) is 3.33. The van der Waals surface area contributed by atoms with Gasteiger partial charge in [0, 0.05) is 0 Å². The SMILES string of the molecule is N#CCC=Cc1ccc(C(F)(F)F)cc1CO. The predicted octanol–water partition coefficient (Wildman–Crippen LogP) is 3.12. The number of aliphatic hydroxyl groups excluding tert-OH is 1. The number of aliphatic hydroxyl groups is 1. The number of hydrogen-bond acceptors (Lipinski definition) is 2. The molecule has 0 aliphatic carbocycles. The Morgan fingerprint density at radius 2 is 2.06 bits per heavy atom. The van der Waals surface area contributed by atoms with Gasteiger partial charge in [-0.2, -0.15) is 18.4 Å². The number of nitrogens with zero attached hydrogens (tertiary/aromatic N) is 1. The highest BCUT2D eigenvalue weighted by Gasteiger charge is 2.30. The van der Waals surface area contributed by atoms with Crippen molar-refractivity contribution in [1.82, 2.24) is 0 Å². The first-order chi connectivity index (χ1) is 7.99. The first kappa shape index (κ1) is 13.3. The molecule has 90 valence electrons. The van der Waals surface area contributed by atoms with Gasteiger partial charge in [0.1, 0.15) is 0 Å². The molecule has 0 unspecified atom stereocenters. The van der Waals surface area contributed by atoms with Crippen molar-refractivity contribution in [3.8, 4) is 6.07 Å². The van der Waals surface area contributed by atoms with Gasteiger partial charge < -0.3 is 5.11 Å².